The molecule has 0 aliphatic rings. The topological polar surface area (TPSA) is 49.4 Å². The summed E-state index contributed by atoms with van der Waals surface area (Å²) in [4.78, 5) is 26.8. The quantitative estimate of drug-likeness (QED) is 0.695. The molecular weight excluding hydrogens is 348 g/mol. The highest BCUT2D eigenvalue weighted by molar-refractivity contribution is 5.97. The SMILES string of the molecule is CC(NC(=O)c1ccc(C(=O)N(C)Cc2ccccc2)cc1)c1ccccc1. The molecule has 0 heterocycles. The molecule has 0 radical (unpaired) electrons. The lowest BCUT2D eigenvalue weighted by molar-refractivity contribution is 0.0784. The molecule has 0 aliphatic carbocycles. The van der Waals surface area contributed by atoms with Crippen molar-refractivity contribution < 1.29 is 9.59 Å². The molecule has 3 rings (SSSR count). The second-order valence-corrected chi connectivity index (χ2v) is 6.83. The fourth-order valence-corrected chi connectivity index (χ4v) is 3.02. The average Bonchev–Trinajstić information content (AvgIpc) is 2.74. The number of rotatable bonds is 6. The molecule has 4 heteroatoms. The zero-order valence-electron chi connectivity index (χ0n) is 16.1. The van der Waals surface area contributed by atoms with Gasteiger partial charge in [0.2, 0.25) is 0 Å². The van der Waals surface area contributed by atoms with Gasteiger partial charge < -0.3 is 10.2 Å². The zero-order valence-corrected chi connectivity index (χ0v) is 16.1. The average molecular weight is 372 g/mol. The predicted octanol–water partition coefficient (Wildman–Crippen LogP) is 4.45. The molecule has 0 aromatic heterocycles. The van der Waals surface area contributed by atoms with Gasteiger partial charge in [-0.25, -0.2) is 0 Å². The molecule has 28 heavy (non-hydrogen) atoms. The molecule has 1 atom stereocenters. The van der Waals surface area contributed by atoms with Gasteiger partial charge in [-0.05, 0) is 42.3 Å². The number of carbonyl (C=O) groups excluding carboxylic acids is 2. The molecule has 0 saturated heterocycles. The van der Waals surface area contributed by atoms with Gasteiger partial charge in [0, 0.05) is 24.7 Å². The minimum absolute atomic E-state index is 0.0755. The molecule has 142 valence electrons. The predicted molar refractivity (Wildman–Crippen MR) is 111 cm³/mol. The molecular formula is C24H24N2O2. The van der Waals surface area contributed by atoms with E-state index in [1.54, 1.807) is 36.2 Å². The number of carbonyl (C=O) groups is 2. The lowest BCUT2D eigenvalue weighted by Gasteiger charge is -2.18. The van der Waals surface area contributed by atoms with E-state index >= 15 is 0 Å². The van der Waals surface area contributed by atoms with Gasteiger partial charge in [0.1, 0.15) is 0 Å². The van der Waals surface area contributed by atoms with Crippen LogP contribution in [0.15, 0.2) is 84.9 Å². The van der Waals surface area contributed by atoms with Crippen molar-refractivity contribution in [1.29, 1.82) is 0 Å². The maximum atomic E-state index is 12.6. The maximum Gasteiger partial charge on any atom is 0.253 e. The minimum Gasteiger partial charge on any atom is -0.346 e. The van der Waals surface area contributed by atoms with Crippen LogP contribution in [0, 0.1) is 0 Å². The summed E-state index contributed by atoms with van der Waals surface area (Å²) in [6.45, 7) is 2.49. The minimum atomic E-state index is -0.159. The Bertz CT molecular complexity index is 922. The van der Waals surface area contributed by atoms with E-state index in [4.69, 9.17) is 0 Å². The highest BCUT2D eigenvalue weighted by atomic mass is 16.2. The number of amides is 2. The summed E-state index contributed by atoms with van der Waals surface area (Å²) in [6.07, 6.45) is 0. The third-order valence-electron chi connectivity index (χ3n) is 4.65. The van der Waals surface area contributed by atoms with Crippen LogP contribution in [-0.2, 0) is 6.54 Å². The van der Waals surface area contributed by atoms with E-state index in [2.05, 4.69) is 5.32 Å². The fraction of sp³-hybridized carbons (Fsp3) is 0.167. The summed E-state index contributed by atoms with van der Waals surface area (Å²) in [5.41, 5.74) is 3.21. The van der Waals surface area contributed by atoms with Crippen molar-refractivity contribution >= 4 is 11.8 Å². The number of benzene rings is 3. The van der Waals surface area contributed by atoms with Crippen LogP contribution in [0.3, 0.4) is 0 Å². The molecule has 3 aromatic carbocycles. The van der Waals surface area contributed by atoms with Crippen molar-refractivity contribution in [2.24, 2.45) is 0 Å². The number of nitrogens with one attached hydrogen (secondary N) is 1. The number of hydrogen-bond donors (Lipinski definition) is 1. The molecule has 4 nitrogen and oxygen atoms in total. The van der Waals surface area contributed by atoms with Gasteiger partial charge in [0.05, 0.1) is 6.04 Å². The number of hydrogen-bond acceptors (Lipinski definition) is 2. The fourth-order valence-electron chi connectivity index (χ4n) is 3.02. The van der Waals surface area contributed by atoms with Crippen LogP contribution >= 0.6 is 0 Å². The van der Waals surface area contributed by atoms with E-state index in [0.29, 0.717) is 17.7 Å². The normalized spacial score (nSPS) is 11.5. The summed E-state index contributed by atoms with van der Waals surface area (Å²) in [5, 5.41) is 2.98. The molecule has 3 aromatic rings. The van der Waals surface area contributed by atoms with Crippen LogP contribution in [0.1, 0.15) is 44.8 Å². The summed E-state index contributed by atoms with van der Waals surface area (Å²) in [6, 6.07) is 26.3. The van der Waals surface area contributed by atoms with Crippen molar-refractivity contribution in [3.05, 3.63) is 107 Å². The lowest BCUT2D eigenvalue weighted by Crippen LogP contribution is -2.27. The van der Waals surface area contributed by atoms with Crippen LogP contribution < -0.4 is 5.32 Å². The van der Waals surface area contributed by atoms with Crippen LogP contribution in [0.2, 0.25) is 0 Å². The van der Waals surface area contributed by atoms with Gasteiger partial charge in [-0.15, -0.1) is 0 Å². The molecule has 0 bridgehead atoms. The first-order valence-electron chi connectivity index (χ1n) is 9.30. The highest BCUT2D eigenvalue weighted by Crippen LogP contribution is 2.14. The number of nitrogens with zero attached hydrogens (tertiary/aromatic N) is 1. The molecule has 0 saturated carbocycles. The Morgan fingerprint density at radius 1 is 0.821 bits per heavy atom. The third-order valence-corrected chi connectivity index (χ3v) is 4.65. The van der Waals surface area contributed by atoms with Gasteiger partial charge in [0.15, 0.2) is 0 Å². The van der Waals surface area contributed by atoms with E-state index in [9.17, 15) is 9.59 Å². The van der Waals surface area contributed by atoms with Crippen molar-refractivity contribution in [1.82, 2.24) is 10.2 Å². The Morgan fingerprint density at radius 2 is 1.36 bits per heavy atom. The first kappa shape index (κ1) is 19.4. The second kappa shape index (κ2) is 9.00. The standard InChI is InChI=1S/C24H24N2O2/c1-18(20-11-7-4-8-12-20)25-23(27)21-13-15-22(16-14-21)24(28)26(2)17-19-9-5-3-6-10-19/h3-16,18H,17H2,1-2H3,(H,25,27). The van der Waals surface area contributed by atoms with Crippen LogP contribution in [0.4, 0.5) is 0 Å². The summed E-state index contributed by atoms with van der Waals surface area (Å²) < 4.78 is 0. The zero-order chi connectivity index (χ0) is 19.9. The van der Waals surface area contributed by atoms with Crippen molar-refractivity contribution in [3.8, 4) is 0 Å². The largest absolute Gasteiger partial charge is 0.346 e. The highest BCUT2D eigenvalue weighted by Gasteiger charge is 2.15. The van der Waals surface area contributed by atoms with Gasteiger partial charge in [0.25, 0.3) is 11.8 Å². The summed E-state index contributed by atoms with van der Waals surface area (Å²) in [7, 11) is 1.78. The Morgan fingerprint density at radius 3 is 1.96 bits per heavy atom. The van der Waals surface area contributed by atoms with E-state index in [1.807, 2.05) is 67.6 Å². The lowest BCUT2D eigenvalue weighted by atomic mass is 10.1. The molecule has 1 unspecified atom stereocenters. The Hall–Kier alpha value is -3.40. The molecule has 0 aliphatic heterocycles. The first-order valence-corrected chi connectivity index (χ1v) is 9.30. The Labute approximate surface area is 165 Å². The maximum absolute atomic E-state index is 12.6. The van der Waals surface area contributed by atoms with Crippen molar-refractivity contribution in [3.63, 3.8) is 0 Å². The van der Waals surface area contributed by atoms with Crippen LogP contribution in [0.25, 0.3) is 0 Å². The van der Waals surface area contributed by atoms with E-state index in [0.717, 1.165) is 11.1 Å². The van der Waals surface area contributed by atoms with Crippen LogP contribution in [-0.4, -0.2) is 23.8 Å². The van der Waals surface area contributed by atoms with Crippen LogP contribution in [0.5, 0.6) is 0 Å². The third kappa shape index (κ3) is 4.86. The monoisotopic (exact) mass is 372 g/mol. The van der Waals surface area contributed by atoms with Gasteiger partial charge >= 0.3 is 0 Å². The smallest absolute Gasteiger partial charge is 0.253 e. The van der Waals surface area contributed by atoms with Gasteiger partial charge in [-0.1, -0.05) is 60.7 Å². The Balaban J connectivity index is 1.62. The van der Waals surface area contributed by atoms with E-state index < -0.39 is 0 Å². The summed E-state index contributed by atoms with van der Waals surface area (Å²) in [5.74, 6) is -0.235. The summed E-state index contributed by atoms with van der Waals surface area (Å²) >= 11 is 0. The van der Waals surface area contributed by atoms with Gasteiger partial charge in [-0.2, -0.15) is 0 Å². The van der Waals surface area contributed by atoms with Crippen molar-refractivity contribution in [2.45, 2.75) is 19.5 Å². The Kier molecular flexibility index (Phi) is 6.22. The van der Waals surface area contributed by atoms with E-state index in [1.165, 1.54) is 0 Å². The molecule has 1 N–H and O–H groups in total. The molecule has 2 amide bonds. The molecule has 0 spiro atoms. The molecule has 0 fully saturated rings. The first-order chi connectivity index (χ1) is 13.5. The van der Waals surface area contributed by atoms with Gasteiger partial charge in [-0.3, -0.25) is 9.59 Å². The van der Waals surface area contributed by atoms with Crippen molar-refractivity contribution in [2.75, 3.05) is 7.05 Å². The van der Waals surface area contributed by atoms with E-state index in [-0.39, 0.29) is 17.9 Å². The second-order valence-electron chi connectivity index (χ2n) is 6.83.